The van der Waals surface area contributed by atoms with E-state index in [-0.39, 0.29) is 5.54 Å². The summed E-state index contributed by atoms with van der Waals surface area (Å²) in [6.07, 6.45) is 2.74. The molecule has 0 unspecified atom stereocenters. The number of aromatic nitrogens is 2. The molecular formula is C7H11N3O. The largest absolute Gasteiger partial charge is 0.339 e. The Morgan fingerprint density at radius 3 is 2.82 bits per heavy atom. The Labute approximate surface area is 64.8 Å². The molecule has 0 aliphatic heterocycles. The summed E-state index contributed by atoms with van der Waals surface area (Å²) in [5.74, 6) is 1.35. The topological polar surface area (TPSA) is 64.9 Å². The van der Waals surface area contributed by atoms with Crippen LogP contribution in [-0.4, -0.2) is 10.1 Å². The fourth-order valence-corrected chi connectivity index (χ4v) is 0.959. The molecule has 0 amide bonds. The number of nitrogens with two attached hydrogens (primary N) is 1. The zero-order valence-corrected chi connectivity index (χ0v) is 6.50. The first-order valence-corrected chi connectivity index (χ1v) is 3.86. The summed E-state index contributed by atoms with van der Waals surface area (Å²) in [7, 11) is 0. The SMILES string of the molecule is CCc1nc(C2(N)CC2)no1. The summed E-state index contributed by atoms with van der Waals surface area (Å²) < 4.78 is 4.94. The van der Waals surface area contributed by atoms with Crippen LogP contribution in [0, 0.1) is 0 Å². The first-order valence-electron chi connectivity index (χ1n) is 3.86. The highest BCUT2D eigenvalue weighted by Gasteiger charge is 2.44. The van der Waals surface area contributed by atoms with Crippen LogP contribution in [0.4, 0.5) is 0 Å². The fourth-order valence-electron chi connectivity index (χ4n) is 0.959. The lowest BCUT2D eigenvalue weighted by Gasteiger charge is -1.97. The third-order valence-electron chi connectivity index (χ3n) is 2.00. The maximum absolute atomic E-state index is 5.85. The van der Waals surface area contributed by atoms with Gasteiger partial charge in [-0.25, -0.2) is 0 Å². The van der Waals surface area contributed by atoms with Crippen molar-refractivity contribution in [2.75, 3.05) is 0 Å². The van der Waals surface area contributed by atoms with E-state index in [4.69, 9.17) is 10.3 Å². The van der Waals surface area contributed by atoms with Crippen molar-refractivity contribution < 1.29 is 4.52 Å². The highest BCUT2D eigenvalue weighted by Crippen LogP contribution is 2.40. The molecule has 1 saturated carbocycles. The van der Waals surface area contributed by atoms with E-state index < -0.39 is 0 Å². The van der Waals surface area contributed by atoms with E-state index in [1.165, 1.54) is 0 Å². The van der Waals surface area contributed by atoms with Crippen LogP contribution in [0.3, 0.4) is 0 Å². The van der Waals surface area contributed by atoms with Gasteiger partial charge in [0.2, 0.25) is 5.89 Å². The summed E-state index contributed by atoms with van der Waals surface area (Å²) in [5.41, 5.74) is 5.60. The van der Waals surface area contributed by atoms with Gasteiger partial charge in [-0.2, -0.15) is 4.98 Å². The molecule has 0 atom stereocenters. The highest BCUT2D eigenvalue weighted by molar-refractivity contribution is 5.13. The Kier molecular flexibility index (Phi) is 1.26. The maximum Gasteiger partial charge on any atom is 0.226 e. The second-order valence-corrected chi connectivity index (χ2v) is 3.02. The molecule has 60 valence electrons. The lowest BCUT2D eigenvalue weighted by Crippen LogP contribution is -2.20. The zero-order chi connectivity index (χ0) is 7.90. The van der Waals surface area contributed by atoms with Crippen LogP contribution in [0.5, 0.6) is 0 Å². The van der Waals surface area contributed by atoms with Gasteiger partial charge in [-0.1, -0.05) is 12.1 Å². The minimum atomic E-state index is -0.253. The molecule has 0 bridgehead atoms. The summed E-state index contributed by atoms with van der Waals surface area (Å²) in [4.78, 5) is 4.16. The van der Waals surface area contributed by atoms with Crippen molar-refractivity contribution in [3.63, 3.8) is 0 Å². The van der Waals surface area contributed by atoms with Crippen molar-refractivity contribution in [3.05, 3.63) is 11.7 Å². The highest BCUT2D eigenvalue weighted by atomic mass is 16.5. The quantitative estimate of drug-likeness (QED) is 0.675. The summed E-state index contributed by atoms with van der Waals surface area (Å²) in [6, 6.07) is 0. The Morgan fingerprint density at radius 2 is 2.36 bits per heavy atom. The molecule has 0 aromatic carbocycles. The van der Waals surface area contributed by atoms with Gasteiger partial charge in [0.1, 0.15) is 0 Å². The number of rotatable bonds is 2. The van der Waals surface area contributed by atoms with E-state index in [0.717, 1.165) is 19.3 Å². The van der Waals surface area contributed by atoms with Gasteiger partial charge in [0.05, 0.1) is 5.54 Å². The molecule has 1 aromatic heterocycles. The molecule has 4 nitrogen and oxygen atoms in total. The van der Waals surface area contributed by atoms with Crippen LogP contribution < -0.4 is 5.73 Å². The number of nitrogens with zero attached hydrogens (tertiary/aromatic N) is 2. The van der Waals surface area contributed by atoms with Crippen molar-refractivity contribution in [1.29, 1.82) is 0 Å². The molecule has 2 rings (SSSR count). The smallest absolute Gasteiger partial charge is 0.226 e. The zero-order valence-electron chi connectivity index (χ0n) is 6.50. The lowest BCUT2D eigenvalue weighted by molar-refractivity contribution is 0.372. The molecule has 1 aliphatic rings. The third kappa shape index (κ3) is 1.03. The monoisotopic (exact) mass is 153 g/mol. The molecular weight excluding hydrogens is 142 g/mol. The molecule has 2 N–H and O–H groups in total. The van der Waals surface area contributed by atoms with Gasteiger partial charge in [-0.3, -0.25) is 0 Å². The Morgan fingerprint density at radius 1 is 1.64 bits per heavy atom. The maximum atomic E-state index is 5.85. The first kappa shape index (κ1) is 6.79. The van der Waals surface area contributed by atoms with Gasteiger partial charge >= 0.3 is 0 Å². The molecule has 1 fully saturated rings. The van der Waals surface area contributed by atoms with E-state index >= 15 is 0 Å². The van der Waals surface area contributed by atoms with E-state index in [1.807, 2.05) is 6.92 Å². The molecule has 4 heteroatoms. The normalized spacial score (nSPS) is 20.2. The van der Waals surface area contributed by atoms with Crippen molar-refractivity contribution in [3.8, 4) is 0 Å². The Bertz CT molecular complexity index is 264. The molecule has 1 aromatic rings. The summed E-state index contributed by atoms with van der Waals surface area (Å²) in [5, 5.41) is 3.81. The van der Waals surface area contributed by atoms with Crippen molar-refractivity contribution in [1.82, 2.24) is 10.1 Å². The van der Waals surface area contributed by atoms with Crippen molar-refractivity contribution in [2.45, 2.75) is 31.7 Å². The van der Waals surface area contributed by atoms with E-state index in [2.05, 4.69) is 10.1 Å². The predicted molar refractivity (Wildman–Crippen MR) is 38.8 cm³/mol. The van der Waals surface area contributed by atoms with Crippen LogP contribution in [0.1, 0.15) is 31.5 Å². The molecule has 1 heterocycles. The van der Waals surface area contributed by atoms with E-state index in [0.29, 0.717) is 11.7 Å². The second kappa shape index (κ2) is 2.04. The molecule has 11 heavy (non-hydrogen) atoms. The molecule has 0 saturated heterocycles. The molecule has 0 radical (unpaired) electrons. The van der Waals surface area contributed by atoms with Crippen LogP contribution in [0.25, 0.3) is 0 Å². The summed E-state index contributed by atoms with van der Waals surface area (Å²) >= 11 is 0. The predicted octanol–water partition coefficient (Wildman–Crippen LogP) is 0.580. The van der Waals surface area contributed by atoms with Crippen molar-refractivity contribution >= 4 is 0 Å². The average Bonchev–Trinajstić information content (AvgIpc) is 2.61. The lowest BCUT2D eigenvalue weighted by atomic mass is 10.3. The first-order chi connectivity index (χ1) is 5.24. The minimum absolute atomic E-state index is 0.253. The van der Waals surface area contributed by atoms with Gasteiger partial charge in [-0.05, 0) is 12.8 Å². The van der Waals surface area contributed by atoms with Gasteiger partial charge < -0.3 is 10.3 Å². The standard InChI is InChI=1S/C7H11N3O/c1-2-5-9-6(10-11-5)7(8)3-4-7/h2-4,8H2,1H3. The van der Waals surface area contributed by atoms with Crippen LogP contribution in [-0.2, 0) is 12.0 Å². The minimum Gasteiger partial charge on any atom is -0.339 e. The second-order valence-electron chi connectivity index (χ2n) is 3.02. The van der Waals surface area contributed by atoms with Crippen LogP contribution >= 0.6 is 0 Å². The van der Waals surface area contributed by atoms with Crippen molar-refractivity contribution in [2.24, 2.45) is 5.73 Å². The molecule has 0 spiro atoms. The fraction of sp³-hybridized carbons (Fsp3) is 0.714. The third-order valence-corrected chi connectivity index (χ3v) is 2.00. The average molecular weight is 153 g/mol. The molecule has 1 aliphatic carbocycles. The van der Waals surface area contributed by atoms with Gasteiger partial charge in [-0.15, -0.1) is 0 Å². The van der Waals surface area contributed by atoms with Crippen LogP contribution in [0.2, 0.25) is 0 Å². The van der Waals surface area contributed by atoms with Gasteiger partial charge in [0.15, 0.2) is 5.82 Å². The van der Waals surface area contributed by atoms with Gasteiger partial charge in [0, 0.05) is 6.42 Å². The number of aryl methyl sites for hydroxylation is 1. The van der Waals surface area contributed by atoms with E-state index in [1.54, 1.807) is 0 Å². The Balaban J connectivity index is 2.25. The van der Waals surface area contributed by atoms with Crippen LogP contribution in [0.15, 0.2) is 4.52 Å². The van der Waals surface area contributed by atoms with E-state index in [9.17, 15) is 0 Å². The summed E-state index contributed by atoms with van der Waals surface area (Å²) in [6.45, 7) is 1.98. The van der Waals surface area contributed by atoms with Gasteiger partial charge in [0.25, 0.3) is 0 Å². The Hall–Kier alpha value is -0.900. The number of hydrogen-bond acceptors (Lipinski definition) is 4. The number of hydrogen-bond donors (Lipinski definition) is 1.